The molecular formula is C10H12N2O5S2. The Morgan fingerprint density at radius 1 is 1.53 bits per heavy atom. The Morgan fingerprint density at radius 2 is 2.26 bits per heavy atom. The minimum Gasteiger partial charge on any atom is -0.481 e. The largest absolute Gasteiger partial charge is 0.481 e. The summed E-state index contributed by atoms with van der Waals surface area (Å²) in [5.41, 5.74) is 0. The zero-order valence-electron chi connectivity index (χ0n) is 9.75. The van der Waals surface area contributed by atoms with Crippen LogP contribution in [0.25, 0.3) is 0 Å². The summed E-state index contributed by atoms with van der Waals surface area (Å²) in [5, 5.41) is 11.2. The minimum absolute atomic E-state index is 0.0584. The summed E-state index contributed by atoms with van der Waals surface area (Å²) in [6.45, 7) is 0.269. The molecule has 9 heteroatoms. The van der Waals surface area contributed by atoms with Gasteiger partial charge in [-0.25, -0.2) is 13.1 Å². The molecular weight excluding hydrogens is 292 g/mol. The monoisotopic (exact) mass is 304 g/mol. The van der Waals surface area contributed by atoms with Crippen molar-refractivity contribution in [2.75, 3.05) is 6.54 Å². The molecule has 1 aliphatic rings. The van der Waals surface area contributed by atoms with Gasteiger partial charge in [0.05, 0.1) is 6.42 Å². The summed E-state index contributed by atoms with van der Waals surface area (Å²) in [4.78, 5) is 22.0. The van der Waals surface area contributed by atoms with E-state index in [0.717, 1.165) is 11.3 Å². The number of thiophene rings is 1. The molecule has 0 aliphatic carbocycles. The van der Waals surface area contributed by atoms with Gasteiger partial charge in [0.25, 0.3) is 0 Å². The highest BCUT2D eigenvalue weighted by molar-refractivity contribution is 7.91. The van der Waals surface area contributed by atoms with Gasteiger partial charge < -0.3 is 10.4 Å². The topological polar surface area (TPSA) is 113 Å². The van der Waals surface area contributed by atoms with Gasteiger partial charge in [-0.1, -0.05) is 0 Å². The van der Waals surface area contributed by atoms with E-state index >= 15 is 0 Å². The maximum atomic E-state index is 12.0. The van der Waals surface area contributed by atoms with Gasteiger partial charge in [-0.2, -0.15) is 0 Å². The van der Waals surface area contributed by atoms with Crippen LogP contribution in [0, 0.1) is 0 Å². The van der Waals surface area contributed by atoms with Crippen molar-refractivity contribution >= 4 is 33.2 Å². The Hall–Kier alpha value is -1.45. The number of carboxylic acids is 1. The molecule has 7 nitrogen and oxygen atoms in total. The van der Waals surface area contributed by atoms with Crippen molar-refractivity contribution in [3.05, 3.63) is 17.0 Å². The Balaban J connectivity index is 2.08. The summed E-state index contributed by atoms with van der Waals surface area (Å²) in [5.74, 6) is -1.20. The highest BCUT2D eigenvalue weighted by Gasteiger charge is 2.27. The van der Waals surface area contributed by atoms with E-state index in [2.05, 4.69) is 10.0 Å². The lowest BCUT2D eigenvalue weighted by molar-refractivity contribution is -0.136. The SMILES string of the molecule is O=C(O)Cc1ccc(S(=O)(=O)NC2CNC(=O)C2)s1. The van der Waals surface area contributed by atoms with Crippen LogP contribution in [0.1, 0.15) is 11.3 Å². The van der Waals surface area contributed by atoms with Crippen LogP contribution in [0.4, 0.5) is 0 Å². The van der Waals surface area contributed by atoms with Crippen LogP contribution < -0.4 is 10.0 Å². The first-order chi connectivity index (χ1) is 8.87. The number of sulfonamides is 1. The van der Waals surface area contributed by atoms with E-state index in [1.165, 1.54) is 12.1 Å². The molecule has 0 radical (unpaired) electrons. The third-order valence-electron chi connectivity index (χ3n) is 2.53. The van der Waals surface area contributed by atoms with Crippen molar-refractivity contribution in [3.8, 4) is 0 Å². The van der Waals surface area contributed by atoms with Crippen molar-refractivity contribution in [3.63, 3.8) is 0 Å². The summed E-state index contributed by atoms with van der Waals surface area (Å²) >= 11 is 0.916. The molecule has 2 rings (SSSR count). The fraction of sp³-hybridized carbons (Fsp3) is 0.400. The molecule has 2 heterocycles. The van der Waals surface area contributed by atoms with Crippen LogP contribution in [-0.2, 0) is 26.0 Å². The van der Waals surface area contributed by atoms with Crippen molar-refractivity contribution in [2.24, 2.45) is 0 Å². The van der Waals surface area contributed by atoms with E-state index in [-0.39, 0.29) is 29.5 Å². The third-order valence-corrected chi connectivity index (χ3v) is 5.62. The molecule has 104 valence electrons. The van der Waals surface area contributed by atoms with Crippen LogP contribution in [0.2, 0.25) is 0 Å². The molecule has 1 atom stereocenters. The van der Waals surface area contributed by atoms with Crippen LogP contribution in [0.5, 0.6) is 0 Å². The molecule has 1 saturated heterocycles. The molecule has 0 saturated carbocycles. The number of rotatable bonds is 5. The second-order valence-corrected chi connectivity index (χ2v) is 7.23. The smallest absolute Gasteiger partial charge is 0.308 e. The van der Waals surface area contributed by atoms with E-state index in [0.29, 0.717) is 4.88 Å². The summed E-state index contributed by atoms with van der Waals surface area (Å²) in [7, 11) is -3.70. The van der Waals surface area contributed by atoms with Gasteiger partial charge in [-0.3, -0.25) is 9.59 Å². The second-order valence-electron chi connectivity index (χ2n) is 4.12. The van der Waals surface area contributed by atoms with E-state index in [9.17, 15) is 18.0 Å². The Bertz CT molecular complexity index is 607. The first-order valence-electron chi connectivity index (χ1n) is 5.46. The van der Waals surface area contributed by atoms with E-state index in [1.807, 2.05) is 0 Å². The minimum atomic E-state index is -3.70. The van der Waals surface area contributed by atoms with E-state index in [4.69, 9.17) is 5.11 Å². The highest BCUT2D eigenvalue weighted by atomic mass is 32.2. The molecule has 1 unspecified atom stereocenters. The molecule has 1 amide bonds. The fourth-order valence-electron chi connectivity index (χ4n) is 1.71. The highest BCUT2D eigenvalue weighted by Crippen LogP contribution is 2.22. The predicted molar refractivity (Wildman–Crippen MR) is 67.4 cm³/mol. The lowest BCUT2D eigenvalue weighted by atomic mass is 10.3. The number of nitrogens with one attached hydrogen (secondary N) is 2. The van der Waals surface area contributed by atoms with E-state index < -0.39 is 22.0 Å². The number of carbonyl (C=O) groups is 2. The van der Waals surface area contributed by atoms with Crippen molar-refractivity contribution < 1.29 is 23.1 Å². The van der Waals surface area contributed by atoms with Crippen LogP contribution in [-0.4, -0.2) is 38.0 Å². The summed E-state index contributed by atoms with van der Waals surface area (Å²) in [6.07, 6.45) is -0.0871. The zero-order valence-corrected chi connectivity index (χ0v) is 11.4. The van der Waals surface area contributed by atoms with Crippen LogP contribution in [0.15, 0.2) is 16.3 Å². The molecule has 1 aromatic heterocycles. The number of carbonyl (C=O) groups excluding carboxylic acids is 1. The molecule has 0 spiro atoms. The van der Waals surface area contributed by atoms with Crippen LogP contribution >= 0.6 is 11.3 Å². The molecule has 1 aromatic rings. The molecule has 19 heavy (non-hydrogen) atoms. The number of amides is 1. The van der Waals surface area contributed by atoms with Gasteiger partial charge in [0.2, 0.25) is 15.9 Å². The van der Waals surface area contributed by atoms with E-state index in [1.54, 1.807) is 0 Å². The van der Waals surface area contributed by atoms with Gasteiger partial charge in [0.15, 0.2) is 0 Å². The van der Waals surface area contributed by atoms with Gasteiger partial charge in [0, 0.05) is 23.9 Å². The quantitative estimate of drug-likeness (QED) is 0.681. The molecule has 0 aromatic carbocycles. The first-order valence-corrected chi connectivity index (χ1v) is 7.76. The Kier molecular flexibility index (Phi) is 3.88. The molecule has 1 fully saturated rings. The number of carboxylic acid groups (broad SMARTS) is 1. The number of aliphatic carboxylic acids is 1. The maximum absolute atomic E-state index is 12.0. The zero-order chi connectivity index (χ0) is 14.0. The number of hydrogen-bond acceptors (Lipinski definition) is 5. The second kappa shape index (κ2) is 5.27. The third kappa shape index (κ3) is 3.52. The normalized spacial score (nSPS) is 19.4. The fourth-order valence-corrected chi connectivity index (χ4v) is 4.31. The standard InChI is InChI=1S/C10H12N2O5S2/c13-8-3-6(5-11-8)12-19(16,17)10-2-1-7(18-10)4-9(14)15/h1-2,6,12H,3-5H2,(H,11,13)(H,14,15). The van der Waals surface area contributed by atoms with Crippen molar-refractivity contribution in [2.45, 2.75) is 23.1 Å². The maximum Gasteiger partial charge on any atom is 0.308 e. The van der Waals surface area contributed by atoms with Crippen LogP contribution in [0.3, 0.4) is 0 Å². The van der Waals surface area contributed by atoms with Gasteiger partial charge >= 0.3 is 5.97 Å². The lowest BCUT2D eigenvalue weighted by Crippen LogP contribution is -2.35. The average molecular weight is 304 g/mol. The average Bonchev–Trinajstić information content (AvgIpc) is 2.87. The Labute approximate surface area is 113 Å². The number of hydrogen-bond donors (Lipinski definition) is 3. The van der Waals surface area contributed by atoms with Crippen molar-refractivity contribution in [1.29, 1.82) is 0 Å². The van der Waals surface area contributed by atoms with Gasteiger partial charge in [-0.15, -0.1) is 11.3 Å². The molecule has 3 N–H and O–H groups in total. The lowest BCUT2D eigenvalue weighted by Gasteiger charge is -2.09. The Morgan fingerprint density at radius 3 is 2.84 bits per heavy atom. The predicted octanol–water partition coefficient (Wildman–Crippen LogP) is -0.458. The van der Waals surface area contributed by atoms with Gasteiger partial charge in [0.1, 0.15) is 4.21 Å². The van der Waals surface area contributed by atoms with Gasteiger partial charge in [-0.05, 0) is 12.1 Å². The summed E-state index contributed by atoms with van der Waals surface area (Å²) in [6, 6.07) is 2.39. The molecule has 1 aliphatic heterocycles. The molecule has 0 bridgehead atoms. The first kappa shape index (κ1) is 14.0. The van der Waals surface area contributed by atoms with Crippen molar-refractivity contribution in [1.82, 2.24) is 10.0 Å². The summed E-state index contributed by atoms with van der Waals surface area (Å²) < 4.78 is 26.5.